The summed E-state index contributed by atoms with van der Waals surface area (Å²) in [6, 6.07) is 8.87. The van der Waals surface area contributed by atoms with Gasteiger partial charge in [-0.1, -0.05) is 41.9 Å². The maximum Gasteiger partial charge on any atom is 0.0622 e. The average molecular weight is 300 g/mol. The second-order valence-electron chi connectivity index (χ2n) is 4.16. The van der Waals surface area contributed by atoms with Crippen molar-refractivity contribution in [3.8, 4) is 0 Å². The molecule has 0 aliphatic heterocycles. The van der Waals surface area contributed by atoms with Gasteiger partial charge in [-0.3, -0.25) is 0 Å². The Morgan fingerprint density at radius 2 is 2.18 bits per heavy atom. The zero-order valence-corrected chi connectivity index (χ0v) is 12.3. The average Bonchev–Trinajstić information content (AvgIpc) is 2.29. The molecule has 2 nitrogen and oxygen atoms in total. The van der Waals surface area contributed by atoms with E-state index in [-0.39, 0.29) is 0 Å². The summed E-state index contributed by atoms with van der Waals surface area (Å²) in [4.78, 5) is 0. The van der Waals surface area contributed by atoms with E-state index < -0.39 is 0 Å². The Labute approximate surface area is 113 Å². The summed E-state index contributed by atoms with van der Waals surface area (Å²) in [7, 11) is 0. The molecule has 1 unspecified atom stereocenters. The van der Waals surface area contributed by atoms with E-state index in [0.29, 0.717) is 6.04 Å². The summed E-state index contributed by atoms with van der Waals surface area (Å²) in [5.74, 6) is 0. The lowest BCUT2D eigenvalue weighted by Gasteiger charge is -2.18. The number of likely N-dealkylation sites (N-methyl/N-ethyl adjacent to an activating group) is 1. The van der Waals surface area contributed by atoms with Gasteiger partial charge in [0.05, 0.1) is 6.61 Å². The highest BCUT2D eigenvalue weighted by Crippen LogP contribution is 2.13. The predicted octanol–water partition coefficient (Wildman–Crippen LogP) is 3.40. The first kappa shape index (κ1) is 14.7. The lowest BCUT2D eigenvalue weighted by atomic mass is 10.1. The first-order valence-corrected chi connectivity index (χ1v) is 7.11. The third-order valence-electron chi connectivity index (χ3n) is 2.53. The highest BCUT2D eigenvalue weighted by molar-refractivity contribution is 9.10. The van der Waals surface area contributed by atoms with E-state index in [1.54, 1.807) is 0 Å². The van der Waals surface area contributed by atoms with Crippen LogP contribution >= 0.6 is 15.9 Å². The first-order valence-electron chi connectivity index (χ1n) is 6.31. The molecule has 0 aliphatic carbocycles. The van der Waals surface area contributed by atoms with Crippen LogP contribution in [0.3, 0.4) is 0 Å². The molecule has 17 heavy (non-hydrogen) atoms. The molecule has 96 valence electrons. The number of rotatable bonds is 8. The fourth-order valence-electron chi connectivity index (χ4n) is 1.80. The van der Waals surface area contributed by atoms with E-state index in [9.17, 15) is 0 Å². The smallest absolute Gasteiger partial charge is 0.0622 e. The molecule has 0 radical (unpaired) electrons. The number of hydrogen-bond acceptors (Lipinski definition) is 2. The van der Waals surface area contributed by atoms with Crippen molar-refractivity contribution in [3.63, 3.8) is 0 Å². The van der Waals surface area contributed by atoms with Gasteiger partial charge in [-0.05, 0) is 37.1 Å². The largest absolute Gasteiger partial charge is 0.380 e. The standard InChI is InChI=1S/C14H22BrNO/c1-3-8-17-11-14(16-4-2)10-12-6-5-7-13(15)9-12/h5-7,9,14,16H,3-4,8,10-11H2,1-2H3. The molecule has 1 aromatic rings. The van der Waals surface area contributed by atoms with E-state index in [2.05, 4.69) is 59.4 Å². The Morgan fingerprint density at radius 3 is 2.82 bits per heavy atom. The molecule has 1 N–H and O–H groups in total. The molecule has 1 atom stereocenters. The van der Waals surface area contributed by atoms with E-state index in [0.717, 1.165) is 37.1 Å². The van der Waals surface area contributed by atoms with Gasteiger partial charge in [-0.15, -0.1) is 0 Å². The third kappa shape index (κ3) is 6.20. The summed E-state index contributed by atoms with van der Waals surface area (Å²) >= 11 is 3.50. The Kier molecular flexibility index (Phi) is 7.49. The fraction of sp³-hybridized carbons (Fsp3) is 0.571. The van der Waals surface area contributed by atoms with Crippen molar-refractivity contribution in [3.05, 3.63) is 34.3 Å². The van der Waals surface area contributed by atoms with Gasteiger partial charge < -0.3 is 10.1 Å². The maximum atomic E-state index is 5.63. The SMILES string of the molecule is CCCOCC(Cc1cccc(Br)c1)NCC. The second kappa shape index (κ2) is 8.67. The van der Waals surface area contributed by atoms with Crippen LogP contribution < -0.4 is 5.32 Å². The van der Waals surface area contributed by atoms with E-state index in [1.807, 2.05) is 0 Å². The van der Waals surface area contributed by atoms with Crippen molar-refractivity contribution in [2.75, 3.05) is 19.8 Å². The minimum Gasteiger partial charge on any atom is -0.380 e. The van der Waals surface area contributed by atoms with Crippen molar-refractivity contribution < 1.29 is 4.74 Å². The van der Waals surface area contributed by atoms with Crippen LogP contribution in [0.1, 0.15) is 25.8 Å². The zero-order valence-electron chi connectivity index (χ0n) is 10.7. The van der Waals surface area contributed by atoms with Gasteiger partial charge in [0.15, 0.2) is 0 Å². The molecule has 0 saturated carbocycles. The summed E-state index contributed by atoms with van der Waals surface area (Å²) in [6.45, 7) is 6.88. The number of halogens is 1. The second-order valence-corrected chi connectivity index (χ2v) is 5.08. The Hall–Kier alpha value is -0.380. The minimum absolute atomic E-state index is 0.404. The summed E-state index contributed by atoms with van der Waals surface area (Å²) in [6.07, 6.45) is 2.09. The van der Waals surface area contributed by atoms with Crippen LogP contribution in [-0.4, -0.2) is 25.8 Å². The number of hydrogen-bond donors (Lipinski definition) is 1. The molecular formula is C14H22BrNO. The van der Waals surface area contributed by atoms with Crippen molar-refractivity contribution in [2.45, 2.75) is 32.7 Å². The highest BCUT2D eigenvalue weighted by Gasteiger charge is 2.08. The van der Waals surface area contributed by atoms with Crippen molar-refractivity contribution in [1.82, 2.24) is 5.32 Å². The third-order valence-corrected chi connectivity index (χ3v) is 3.02. The number of nitrogens with one attached hydrogen (secondary N) is 1. The lowest BCUT2D eigenvalue weighted by molar-refractivity contribution is 0.112. The van der Waals surface area contributed by atoms with Gasteiger partial charge >= 0.3 is 0 Å². The molecule has 0 spiro atoms. The molecule has 3 heteroatoms. The van der Waals surface area contributed by atoms with Crippen LogP contribution in [0, 0.1) is 0 Å². The van der Waals surface area contributed by atoms with Gasteiger partial charge in [-0.2, -0.15) is 0 Å². The number of ether oxygens (including phenoxy) is 1. The van der Waals surface area contributed by atoms with Crippen LogP contribution in [0.5, 0.6) is 0 Å². The molecule has 0 bridgehead atoms. The van der Waals surface area contributed by atoms with Crippen LogP contribution in [0.25, 0.3) is 0 Å². The van der Waals surface area contributed by atoms with Crippen LogP contribution in [-0.2, 0) is 11.2 Å². The molecule has 1 aromatic carbocycles. The summed E-state index contributed by atoms with van der Waals surface area (Å²) < 4.78 is 6.76. The van der Waals surface area contributed by atoms with Gasteiger partial charge in [0, 0.05) is 17.1 Å². The Bertz CT molecular complexity index is 317. The van der Waals surface area contributed by atoms with Gasteiger partial charge in [0.2, 0.25) is 0 Å². The highest BCUT2D eigenvalue weighted by atomic mass is 79.9. The van der Waals surface area contributed by atoms with Gasteiger partial charge in [0.25, 0.3) is 0 Å². The van der Waals surface area contributed by atoms with E-state index in [4.69, 9.17) is 4.74 Å². The maximum absolute atomic E-state index is 5.63. The normalized spacial score (nSPS) is 12.6. The molecule has 0 aliphatic rings. The Balaban J connectivity index is 2.47. The topological polar surface area (TPSA) is 21.3 Å². The molecule has 1 rings (SSSR count). The molecular weight excluding hydrogens is 278 g/mol. The summed E-state index contributed by atoms with van der Waals surface area (Å²) in [5.41, 5.74) is 1.34. The minimum atomic E-state index is 0.404. The monoisotopic (exact) mass is 299 g/mol. The molecule has 0 saturated heterocycles. The molecule has 0 aromatic heterocycles. The van der Waals surface area contributed by atoms with E-state index in [1.165, 1.54) is 5.56 Å². The van der Waals surface area contributed by atoms with Crippen LogP contribution in [0.2, 0.25) is 0 Å². The molecule has 0 fully saturated rings. The van der Waals surface area contributed by atoms with Crippen molar-refractivity contribution in [1.29, 1.82) is 0 Å². The van der Waals surface area contributed by atoms with Crippen LogP contribution in [0.15, 0.2) is 28.7 Å². The van der Waals surface area contributed by atoms with Gasteiger partial charge in [-0.25, -0.2) is 0 Å². The lowest BCUT2D eigenvalue weighted by Crippen LogP contribution is -2.35. The number of benzene rings is 1. The fourth-order valence-corrected chi connectivity index (χ4v) is 2.24. The Morgan fingerprint density at radius 1 is 1.35 bits per heavy atom. The molecule has 0 heterocycles. The predicted molar refractivity (Wildman–Crippen MR) is 76.4 cm³/mol. The molecule has 0 amide bonds. The van der Waals surface area contributed by atoms with Crippen molar-refractivity contribution >= 4 is 15.9 Å². The first-order chi connectivity index (χ1) is 8.26. The summed E-state index contributed by atoms with van der Waals surface area (Å²) in [5, 5.41) is 3.47. The van der Waals surface area contributed by atoms with E-state index >= 15 is 0 Å². The van der Waals surface area contributed by atoms with Crippen molar-refractivity contribution in [2.24, 2.45) is 0 Å². The van der Waals surface area contributed by atoms with Crippen LogP contribution in [0.4, 0.5) is 0 Å². The van der Waals surface area contributed by atoms with Gasteiger partial charge in [0.1, 0.15) is 0 Å². The quantitative estimate of drug-likeness (QED) is 0.743. The zero-order chi connectivity index (χ0) is 12.5.